The van der Waals surface area contributed by atoms with Crippen molar-refractivity contribution in [3.8, 4) is 0 Å². The highest BCUT2D eigenvalue weighted by molar-refractivity contribution is 14.0. The summed E-state index contributed by atoms with van der Waals surface area (Å²) < 4.78 is 13.2. The average molecular weight is 492 g/mol. The summed E-state index contributed by atoms with van der Waals surface area (Å²) in [6.07, 6.45) is 5.25. The van der Waals surface area contributed by atoms with Crippen molar-refractivity contribution in [2.45, 2.75) is 24.7 Å². The van der Waals surface area contributed by atoms with E-state index in [1.54, 1.807) is 19.2 Å². The van der Waals surface area contributed by atoms with Crippen molar-refractivity contribution in [3.05, 3.63) is 71.7 Å². The quantitative estimate of drug-likeness (QED) is 0.272. The van der Waals surface area contributed by atoms with Crippen LogP contribution in [0.5, 0.6) is 0 Å². The van der Waals surface area contributed by atoms with Crippen LogP contribution < -0.4 is 10.6 Å². The second-order valence-electron chi connectivity index (χ2n) is 7.25. The molecule has 6 heteroatoms. The van der Waals surface area contributed by atoms with Crippen molar-refractivity contribution in [2.24, 2.45) is 4.99 Å². The number of guanidine groups is 1. The van der Waals surface area contributed by atoms with E-state index in [9.17, 15) is 4.39 Å². The molecule has 4 rings (SSSR count). The van der Waals surface area contributed by atoms with Crippen molar-refractivity contribution >= 4 is 40.8 Å². The van der Waals surface area contributed by atoms with Gasteiger partial charge in [-0.15, -0.1) is 24.0 Å². The number of H-pyrrole nitrogens is 1. The summed E-state index contributed by atoms with van der Waals surface area (Å²) in [5.74, 6) is 0.625. The van der Waals surface area contributed by atoms with Crippen molar-refractivity contribution in [2.75, 3.05) is 20.1 Å². The Morgan fingerprint density at radius 3 is 2.57 bits per heavy atom. The van der Waals surface area contributed by atoms with E-state index in [4.69, 9.17) is 0 Å². The highest BCUT2D eigenvalue weighted by Gasteiger charge is 2.44. The van der Waals surface area contributed by atoms with Crippen molar-refractivity contribution in [3.63, 3.8) is 0 Å². The molecule has 0 amide bonds. The minimum absolute atomic E-state index is 0. The van der Waals surface area contributed by atoms with Gasteiger partial charge >= 0.3 is 0 Å². The van der Waals surface area contributed by atoms with Gasteiger partial charge in [0.15, 0.2) is 5.96 Å². The summed E-state index contributed by atoms with van der Waals surface area (Å²) in [6.45, 7) is 1.62. The first-order valence-corrected chi connectivity index (χ1v) is 9.46. The van der Waals surface area contributed by atoms with Gasteiger partial charge in [0.1, 0.15) is 5.82 Å². The van der Waals surface area contributed by atoms with Gasteiger partial charge in [0.25, 0.3) is 0 Å². The molecule has 0 radical (unpaired) electrons. The van der Waals surface area contributed by atoms with Gasteiger partial charge in [0.05, 0.1) is 0 Å². The Labute approximate surface area is 182 Å². The lowest BCUT2D eigenvalue weighted by Gasteiger charge is -2.19. The van der Waals surface area contributed by atoms with E-state index in [-0.39, 0.29) is 35.2 Å². The maximum absolute atomic E-state index is 13.2. The summed E-state index contributed by atoms with van der Waals surface area (Å²) in [5.41, 5.74) is 3.79. The van der Waals surface area contributed by atoms with Gasteiger partial charge in [0, 0.05) is 42.7 Å². The molecule has 2 aromatic carbocycles. The third kappa shape index (κ3) is 4.48. The summed E-state index contributed by atoms with van der Waals surface area (Å²) in [7, 11) is 1.79. The monoisotopic (exact) mass is 492 g/mol. The van der Waals surface area contributed by atoms with E-state index in [0.717, 1.165) is 38.3 Å². The Morgan fingerprint density at radius 1 is 1.11 bits per heavy atom. The predicted molar refractivity (Wildman–Crippen MR) is 124 cm³/mol. The molecule has 0 unspecified atom stereocenters. The highest BCUT2D eigenvalue weighted by Crippen LogP contribution is 2.47. The molecule has 0 aliphatic heterocycles. The number of nitrogens with one attached hydrogen (secondary N) is 3. The number of rotatable bonds is 6. The Balaban J connectivity index is 0.00000225. The van der Waals surface area contributed by atoms with Gasteiger partial charge < -0.3 is 15.6 Å². The predicted octanol–water partition coefficient (Wildman–Crippen LogP) is 4.36. The molecule has 3 aromatic rings. The number of hydrogen-bond donors (Lipinski definition) is 3. The first kappa shape index (κ1) is 20.6. The Kier molecular flexibility index (Phi) is 6.59. The Hall–Kier alpha value is -2.09. The fraction of sp³-hybridized carbons (Fsp3) is 0.318. The molecule has 1 heterocycles. The molecule has 0 bridgehead atoms. The molecule has 4 nitrogen and oxygen atoms in total. The molecule has 0 spiro atoms. The Bertz CT molecular complexity index is 945. The fourth-order valence-corrected chi connectivity index (χ4v) is 3.65. The third-order valence-corrected chi connectivity index (χ3v) is 5.49. The topological polar surface area (TPSA) is 52.2 Å². The van der Waals surface area contributed by atoms with Crippen LogP contribution in [0.4, 0.5) is 4.39 Å². The number of aliphatic imine (C=N–C) groups is 1. The van der Waals surface area contributed by atoms with Gasteiger partial charge in [0.2, 0.25) is 0 Å². The summed E-state index contributed by atoms with van der Waals surface area (Å²) in [5, 5.41) is 8.11. The maximum atomic E-state index is 13.2. The zero-order valence-corrected chi connectivity index (χ0v) is 18.3. The number of para-hydroxylation sites is 1. The molecular formula is C22H26FIN4. The average Bonchev–Trinajstić information content (AvgIpc) is 3.38. The maximum Gasteiger partial charge on any atom is 0.191 e. The fourth-order valence-electron chi connectivity index (χ4n) is 3.65. The lowest BCUT2D eigenvalue weighted by molar-refractivity contribution is 0.617. The SMILES string of the molecule is CN=C(NCCc1c[nH]c2ccccc12)NCC1(c2ccc(F)cc2)CC1.I. The van der Waals surface area contributed by atoms with Gasteiger partial charge in [-0.25, -0.2) is 4.39 Å². The number of hydrogen-bond acceptors (Lipinski definition) is 1. The summed E-state index contributed by atoms with van der Waals surface area (Å²) >= 11 is 0. The van der Waals surface area contributed by atoms with Crippen LogP contribution in [-0.2, 0) is 11.8 Å². The van der Waals surface area contributed by atoms with Gasteiger partial charge in [-0.1, -0.05) is 30.3 Å². The molecule has 1 aliphatic carbocycles. The van der Waals surface area contributed by atoms with Crippen LogP contribution in [0, 0.1) is 5.82 Å². The van der Waals surface area contributed by atoms with Gasteiger partial charge in [-0.3, -0.25) is 4.99 Å². The second-order valence-corrected chi connectivity index (χ2v) is 7.25. The first-order chi connectivity index (χ1) is 13.2. The number of aromatic amines is 1. The minimum atomic E-state index is -0.183. The van der Waals surface area contributed by atoms with E-state index in [2.05, 4.69) is 45.0 Å². The zero-order valence-electron chi connectivity index (χ0n) is 16.0. The molecule has 148 valence electrons. The molecule has 0 atom stereocenters. The van der Waals surface area contributed by atoms with E-state index in [0.29, 0.717) is 0 Å². The summed E-state index contributed by atoms with van der Waals surface area (Å²) in [4.78, 5) is 7.65. The number of fused-ring (bicyclic) bond motifs is 1. The summed E-state index contributed by atoms with van der Waals surface area (Å²) in [6, 6.07) is 15.2. The molecule has 0 saturated heterocycles. The molecule has 28 heavy (non-hydrogen) atoms. The van der Waals surface area contributed by atoms with Gasteiger partial charge in [-0.2, -0.15) is 0 Å². The molecular weight excluding hydrogens is 466 g/mol. The highest BCUT2D eigenvalue weighted by atomic mass is 127. The Morgan fingerprint density at radius 2 is 1.86 bits per heavy atom. The third-order valence-electron chi connectivity index (χ3n) is 5.49. The molecule has 1 aliphatic rings. The minimum Gasteiger partial charge on any atom is -0.361 e. The lowest BCUT2D eigenvalue weighted by atomic mass is 9.96. The standard InChI is InChI=1S/C22H25FN4.HI/c1-24-21(25-13-10-16-14-26-20-5-3-2-4-19(16)20)27-15-22(11-12-22)17-6-8-18(23)9-7-17;/h2-9,14,26H,10-13,15H2,1H3,(H2,24,25,27);1H. The van der Waals surface area contributed by atoms with Crippen LogP contribution in [0.15, 0.2) is 59.7 Å². The second kappa shape index (κ2) is 8.94. The van der Waals surface area contributed by atoms with Crippen LogP contribution in [0.3, 0.4) is 0 Å². The van der Waals surface area contributed by atoms with Gasteiger partial charge in [-0.05, 0) is 48.6 Å². The normalized spacial score (nSPS) is 15.1. The van der Waals surface area contributed by atoms with E-state index < -0.39 is 0 Å². The number of aromatic nitrogens is 1. The van der Waals surface area contributed by atoms with E-state index >= 15 is 0 Å². The zero-order chi connectivity index (χ0) is 18.7. The molecule has 1 fully saturated rings. The number of nitrogens with zero attached hydrogens (tertiary/aromatic N) is 1. The lowest BCUT2D eigenvalue weighted by Crippen LogP contribution is -2.41. The number of benzene rings is 2. The molecule has 3 N–H and O–H groups in total. The van der Waals surface area contributed by atoms with Crippen LogP contribution in [0.1, 0.15) is 24.0 Å². The van der Waals surface area contributed by atoms with Crippen molar-refractivity contribution in [1.82, 2.24) is 15.6 Å². The van der Waals surface area contributed by atoms with Crippen molar-refractivity contribution < 1.29 is 4.39 Å². The van der Waals surface area contributed by atoms with Crippen LogP contribution in [-0.4, -0.2) is 31.1 Å². The largest absolute Gasteiger partial charge is 0.361 e. The van der Waals surface area contributed by atoms with Crippen molar-refractivity contribution in [1.29, 1.82) is 0 Å². The van der Waals surface area contributed by atoms with Crippen LogP contribution >= 0.6 is 24.0 Å². The van der Waals surface area contributed by atoms with Crippen LogP contribution in [0.2, 0.25) is 0 Å². The van der Waals surface area contributed by atoms with E-state index in [1.807, 2.05) is 18.2 Å². The molecule has 1 saturated carbocycles. The number of halogens is 2. The first-order valence-electron chi connectivity index (χ1n) is 9.46. The van der Waals surface area contributed by atoms with E-state index in [1.165, 1.54) is 22.0 Å². The molecule has 1 aromatic heterocycles. The van der Waals surface area contributed by atoms with Crippen LogP contribution in [0.25, 0.3) is 10.9 Å². The smallest absolute Gasteiger partial charge is 0.191 e.